The highest BCUT2D eigenvalue weighted by atomic mass is 32.1. The second kappa shape index (κ2) is 8.28. The number of hydrogen-bond acceptors (Lipinski definition) is 5. The number of rotatable bonds is 6. The average Bonchev–Trinajstić information content (AvgIpc) is 3.39. The third-order valence-corrected chi connectivity index (χ3v) is 5.33. The molecule has 0 atom stereocenters. The van der Waals surface area contributed by atoms with Gasteiger partial charge in [-0.25, -0.2) is 4.98 Å². The van der Waals surface area contributed by atoms with E-state index < -0.39 is 0 Å². The minimum absolute atomic E-state index is 0.128. The Morgan fingerprint density at radius 3 is 2.55 bits per heavy atom. The maximum absolute atomic E-state index is 12.5. The van der Waals surface area contributed by atoms with Crippen LogP contribution in [-0.4, -0.2) is 23.3 Å². The molecule has 2 amide bonds. The fourth-order valence-corrected chi connectivity index (χ4v) is 3.72. The fourth-order valence-electron chi connectivity index (χ4n) is 2.79. The van der Waals surface area contributed by atoms with E-state index in [2.05, 4.69) is 15.6 Å². The molecular formula is C22H19N3O3S. The zero-order chi connectivity index (χ0) is 20.2. The van der Waals surface area contributed by atoms with Crippen molar-refractivity contribution in [1.82, 2.24) is 10.3 Å². The van der Waals surface area contributed by atoms with Crippen LogP contribution in [0.1, 0.15) is 34.3 Å². The number of nitrogens with one attached hydrogen (secondary N) is 2. The topological polar surface area (TPSA) is 84.2 Å². The third kappa shape index (κ3) is 4.20. The van der Waals surface area contributed by atoms with Crippen LogP contribution in [0.25, 0.3) is 21.0 Å². The summed E-state index contributed by atoms with van der Waals surface area (Å²) in [6.07, 6.45) is 0.877. The van der Waals surface area contributed by atoms with E-state index in [1.807, 2.05) is 31.2 Å². The molecule has 0 bridgehead atoms. The van der Waals surface area contributed by atoms with E-state index in [0.717, 1.165) is 21.6 Å². The molecule has 2 aromatic carbocycles. The second-order valence-corrected chi connectivity index (χ2v) is 7.47. The Kier molecular flexibility index (Phi) is 5.39. The van der Waals surface area contributed by atoms with E-state index in [1.54, 1.807) is 36.4 Å². The summed E-state index contributed by atoms with van der Waals surface area (Å²) in [7, 11) is 0. The van der Waals surface area contributed by atoms with Gasteiger partial charge in [-0.05, 0) is 55.0 Å². The monoisotopic (exact) mass is 405 g/mol. The third-order valence-electron chi connectivity index (χ3n) is 4.27. The number of para-hydroxylation sites is 1. The molecule has 2 heterocycles. The molecule has 146 valence electrons. The lowest BCUT2D eigenvalue weighted by Crippen LogP contribution is -2.23. The summed E-state index contributed by atoms with van der Waals surface area (Å²) in [5.41, 5.74) is 2.03. The predicted molar refractivity (Wildman–Crippen MR) is 114 cm³/mol. The number of aromatic nitrogens is 1. The number of amides is 2. The molecule has 0 aliphatic heterocycles. The Bertz CT molecular complexity index is 1130. The summed E-state index contributed by atoms with van der Waals surface area (Å²) in [6, 6.07) is 17.9. The summed E-state index contributed by atoms with van der Waals surface area (Å²) in [5, 5.41) is 6.32. The number of hydrogen-bond donors (Lipinski definition) is 2. The van der Waals surface area contributed by atoms with Crippen molar-refractivity contribution in [2.75, 3.05) is 11.9 Å². The molecule has 0 aliphatic rings. The highest BCUT2D eigenvalue weighted by Crippen LogP contribution is 2.31. The van der Waals surface area contributed by atoms with Gasteiger partial charge in [-0.15, -0.1) is 11.3 Å². The van der Waals surface area contributed by atoms with Crippen LogP contribution in [0.3, 0.4) is 0 Å². The van der Waals surface area contributed by atoms with E-state index in [1.165, 1.54) is 11.3 Å². The van der Waals surface area contributed by atoms with Crippen molar-refractivity contribution in [3.05, 3.63) is 72.0 Å². The van der Waals surface area contributed by atoms with Crippen LogP contribution in [0.5, 0.6) is 0 Å². The summed E-state index contributed by atoms with van der Waals surface area (Å²) in [6.45, 7) is 2.63. The van der Waals surface area contributed by atoms with Crippen LogP contribution >= 0.6 is 11.3 Å². The van der Waals surface area contributed by atoms with E-state index >= 15 is 0 Å². The molecule has 0 unspecified atom stereocenters. The zero-order valence-electron chi connectivity index (χ0n) is 15.8. The Morgan fingerprint density at radius 2 is 1.79 bits per heavy atom. The van der Waals surface area contributed by atoms with Gasteiger partial charge in [0.05, 0.1) is 10.2 Å². The van der Waals surface area contributed by atoms with Crippen molar-refractivity contribution in [3.63, 3.8) is 0 Å². The molecule has 0 aliphatic carbocycles. The first-order valence-electron chi connectivity index (χ1n) is 9.29. The standard InChI is InChI=1S/C22H19N3O3S/c1-2-13-23-20(26)14-7-9-15(10-8-14)24-21(27)17-11-12-18(28-17)22-25-16-5-3-4-6-19(16)29-22/h3-12H,2,13H2,1H3,(H,23,26)(H,24,27). The Hall–Kier alpha value is -3.45. The molecular weight excluding hydrogens is 386 g/mol. The van der Waals surface area contributed by atoms with Crippen LogP contribution in [0.15, 0.2) is 65.1 Å². The van der Waals surface area contributed by atoms with Gasteiger partial charge in [0.2, 0.25) is 0 Å². The normalized spacial score (nSPS) is 10.8. The molecule has 6 nitrogen and oxygen atoms in total. The summed E-state index contributed by atoms with van der Waals surface area (Å²) >= 11 is 1.51. The number of carbonyl (C=O) groups excluding carboxylic acids is 2. The van der Waals surface area contributed by atoms with Crippen LogP contribution in [0.2, 0.25) is 0 Å². The van der Waals surface area contributed by atoms with Crippen LogP contribution in [0.4, 0.5) is 5.69 Å². The summed E-state index contributed by atoms with van der Waals surface area (Å²) in [5.74, 6) is 0.264. The first kappa shape index (κ1) is 18.9. The second-order valence-electron chi connectivity index (χ2n) is 6.44. The molecule has 0 fully saturated rings. The van der Waals surface area contributed by atoms with Crippen molar-refractivity contribution in [3.8, 4) is 10.8 Å². The van der Waals surface area contributed by atoms with Crippen molar-refractivity contribution in [2.24, 2.45) is 0 Å². The van der Waals surface area contributed by atoms with Crippen LogP contribution < -0.4 is 10.6 Å². The number of benzene rings is 2. The van der Waals surface area contributed by atoms with Crippen LogP contribution in [0, 0.1) is 0 Å². The van der Waals surface area contributed by atoms with Gasteiger partial charge in [-0.3, -0.25) is 9.59 Å². The SMILES string of the molecule is CCCNC(=O)c1ccc(NC(=O)c2ccc(-c3nc4ccccc4s3)o2)cc1. The first-order valence-corrected chi connectivity index (χ1v) is 10.1. The molecule has 7 heteroatoms. The minimum atomic E-state index is -0.361. The molecule has 29 heavy (non-hydrogen) atoms. The molecule has 0 saturated heterocycles. The molecule has 4 aromatic rings. The number of anilines is 1. The van der Waals surface area contributed by atoms with Crippen molar-refractivity contribution in [1.29, 1.82) is 0 Å². The van der Waals surface area contributed by atoms with Crippen molar-refractivity contribution in [2.45, 2.75) is 13.3 Å². The maximum Gasteiger partial charge on any atom is 0.291 e. The number of nitrogens with zero attached hydrogens (tertiary/aromatic N) is 1. The van der Waals surface area contributed by atoms with Gasteiger partial charge in [0.1, 0.15) is 0 Å². The van der Waals surface area contributed by atoms with E-state index in [0.29, 0.717) is 23.6 Å². The molecule has 0 spiro atoms. The molecule has 2 aromatic heterocycles. The van der Waals surface area contributed by atoms with Gasteiger partial charge in [0.15, 0.2) is 16.5 Å². The number of thiazole rings is 1. The minimum Gasteiger partial charge on any atom is -0.448 e. The zero-order valence-corrected chi connectivity index (χ0v) is 16.6. The number of carbonyl (C=O) groups is 2. The first-order chi connectivity index (χ1) is 14.1. The summed E-state index contributed by atoms with van der Waals surface area (Å²) in [4.78, 5) is 29.0. The highest BCUT2D eigenvalue weighted by Gasteiger charge is 2.15. The van der Waals surface area contributed by atoms with Crippen molar-refractivity contribution >= 4 is 39.1 Å². The van der Waals surface area contributed by atoms with Crippen molar-refractivity contribution < 1.29 is 14.0 Å². The predicted octanol–water partition coefficient (Wildman–Crippen LogP) is 4.95. The van der Waals surface area contributed by atoms with Gasteiger partial charge >= 0.3 is 0 Å². The van der Waals surface area contributed by atoms with Crippen LogP contribution in [-0.2, 0) is 0 Å². The molecule has 0 radical (unpaired) electrons. The quantitative estimate of drug-likeness (QED) is 0.475. The Labute approximate surface area is 171 Å². The van der Waals surface area contributed by atoms with E-state index in [9.17, 15) is 9.59 Å². The number of fused-ring (bicyclic) bond motifs is 1. The lowest BCUT2D eigenvalue weighted by atomic mass is 10.2. The molecule has 2 N–H and O–H groups in total. The average molecular weight is 405 g/mol. The lowest BCUT2D eigenvalue weighted by Gasteiger charge is -2.06. The van der Waals surface area contributed by atoms with E-state index in [4.69, 9.17) is 4.42 Å². The van der Waals surface area contributed by atoms with Gasteiger partial charge in [0.25, 0.3) is 11.8 Å². The molecule has 0 saturated carbocycles. The number of furan rings is 1. The maximum atomic E-state index is 12.5. The Balaban J connectivity index is 1.44. The fraction of sp³-hybridized carbons (Fsp3) is 0.136. The highest BCUT2D eigenvalue weighted by molar-refractivity contribution is 7.21. The largest absolute Gasteiger partial charge is 0.448 e. The van der Waals surface area contributed by atoms with Gasteiger partial charge in [-0.1, -0.05) is 19.1 Å². The van der Waals surface area contributed by atoms with Gasteiger partial charge < -0.3 is 15.1 Å². The molecule has 4 rings (SSSR count). The summed E-state index contributed by atoms with van der Waals surface area (Å²) < 4.78 is 6.77. The van der Waals surface area contributed by atoms with Gasteiger partial charge in [0, 0.05) is 17.8 Å². The van der Waals surface area contributed by atoms with Gasteiger partial charge in [-0.2, -0.15) is 0 Å². The Morgan fingerprint density at radius 1 is 1.00 bits per heavy atom. The smallest absolute Gasteiger partial charge is 0.291 e. The van der Waals surface area contributed by atoms with E-state index in [-0.39, 0.29) is 17.6 Å². The lowest BCUT2D eigenvalue weighted by molar-refractivity contribution is 0.0952.